The van der Waals surface area contributed by atoms with E-state index in [1.807, 2.05) is 17.0 Å². The van der Waals surface area contributed by atoms with E-state index in [0.717, 1.165) is 29.8 Å². The van der Waals surface area contributed by atoms with Gasteiger partial charge in [-0.1, -0.05) is 12.1 Å². The van der Waals surface area contributed by atoms with Crippen molar-refractivity contribution in [1.82, 2.24) is 4.98 Å². The molecule has 2 heterocycles. The molecule has 1 aromatic carbocycles. The van der Waals surface area contributed by atoms with E-state index < -0.39 is 0 Å². The van der Waals surface area contributed by atoms with Crippen LogP contribution in [-0.2, 0) is 13.0 Å². The molecule has 1 aromatic heterocycles. The Labute approximate surface area is 105 Å². The van der Waals surface area contributed by atoms with Gasteiger partial charge in [-0.05, 0) is 30.2 Å². The zero-order chi connectivity index (χ0) is 12.5. The maximum atomic E-state index is 13.3. The summed E-state index contributed by atoms with van der Waals surface area (Å²) in [5, 5.41) is 9.34. The van der Waals surface area contributed by atoms with Crippen molar-refractivity contribution < 1.29 is 9.50 Å². The fraction of sp³-hybridized carbons (Fsp3) is 0.214. The van der Waals surface area contributed by atoms with E-state index in [0.29, 0.717) is 5.82 Å². The van der Waals surface area contributed by atoms with E-state index in [1.54, 1.807) is 12.3 Å². The molecule has 2 aromatic rings. The van der Waals surface area contributed by atoms with Crippen LogP contribution < -0.4 is 4.90 Å². The number of benzene rings is 1. The highest BCUT2D eigenvalue weighted by Crippen LogP contribution is 2.35. The number of hydrogen-bond acceptors (Lipinski definition) is 3. The van der Waals surface area contributed by atoms with Gasteiger partial charge in [-0.25, -0.2) is 9.37 Å². The van der Waals surface area contributed by atoms with E-state index in [9.17, 15) is 9.50 Å². The highest BCUT2D eigenvalue weighted by molar-refractivity contribution is 5.69. The molecule has 0 unspecified atom stereocenters. The maximum absolute atomic E-state index is 13.3. The van der Waals surface area contributed by atoms with E-state index in [-0.39, 0.29) is 12.4 Å². The second kappa shape index (κ2) is 4.38. The standard InChI is InChI=1S/C14H13FN2O/c15-12-4-3-10-5-7-17(13(10)8-12)14-11(9-18)2-1-6-16-14/h1-4,6,8,18H,5,7,9H2. The third-order valence-electron chi connectivity index (χ3n) is 3.24. The Morgan fingerprint density at radius 3 is 3.06 bits per heavy atom. The number of nitrogens with zero attached hydrogens (tertiary/aromatic N) is 2. The monoisotopic (exact) mass is 244 g/mol. The van der Waals surface area contributed by atoms with Gasteiger partial charge in [-0.3, -0.25) is 0 Å². The molecular weight excluding hydrogens is 231 g/mol. The van der Waals surface area contributed by atoms with Gasteiger partial charge in [0.2, 0.25) is 0 Å². The van der Waals surface area contributed by atoms with Crippen LogP contribution in [0.3, 0.4) is 0 Å². The highest BCUT2D eigenvalue weighted by Gasteiger charge is 2.23. The fourth-order valence-corrected chi connectivity index (χ4v) is 2.37. The van der Waals surface area contributed by atoms with Gasteiger partial charge >= 0.3 is 0 Å². The predicted octanol–water partition coefficient (Wildman–Crippen LogP) is 2.41. The average Bonchev–Trinajstić information content (AvgIpc) is 2.81. The largest absolute Gasteiger partial charge is 0.392 e. The molecule has 1 N–H and O–H groups in total. The molecule has 1 aliphatic heterocycles. The number of rotatable bonds is 2. The molecule has 18 heavy (non-hydrogen) atoms. The lowest BCUT2D eigenvalue weighted by Crippen LogP contribution is -2.16. The first-order valence-corrected chi connectivity index (χ1v) is 5.90. The van der Waals surface area contributed by atoms with Crippen molar-refractivity contribution in [2.24, 2.45) is 0 Å². The van der Waals surface area contributed by atoms with Crippen molar-refractivity contribution in [2.45, 2.75) is 13.0 Å². The highest BCUT2D eigenvalue weighted by atomic mass is 19.1. The molecule has 0 saturated carbocycles. The van der Waals surface area contributed by atoms with E-state index in [2.05, 4.69) is 4.98 Å². The number of fused-ring (bicyclic) bond motifs is 1. The number of aromatic nitrogens is 1. The van der Waals surface area contributed by atoms with Crippen molar-refractivity contribution >= 4 is 11.5 Å². The van der Waals surface area contributed by atoms with Crippen LogP contribution in [0.4, 0.5) is 15.9 Å². The second-order valence-electron chi connectivity index (χ2n) is 4.32. The van der Waals surface area contributed by atoms with Gasteiger partial charge in [0.05, 0.1) is 6.61 Å². The number of hydrogen-bond donors (Lipinski definition) is 1. The Kier molecular flexibility index (Phi) is 2.72. The molecule has 3 rings (SSSR count). The summed E-state index contributed by atoms with van der Waals surface area (Å²) in [4.78, 5) is 6.27. The molecule has 0 fully saturated rings. The Bertz CT molecular complexity index is 586. The van der Waals surface area contributed by atoms with Gasteiger partial charge in [0.25, 0.3) is 0 Å². The second-order valence-corrected chi connectivity index (χ2v) is 4.32. The van der Waals surface area contributed by atoms with Crippen molar-refractivity contribution in [3.8, 4) is 0 Å². The van der Waals surface area contributed by atoms with Crippen LogP contribution in [-0.4, -0.2) is 16.6 Å². The van der Waals surface area contributed by atoms with Crippen molar-refractivity contribution in [1.29, 1.82) is 0 Å². The SMILES string of the molecule is OCc1cccnc1N1CCc2ccc(F)cc21. The van der Waals surface area contributed by atoms with E-state index in [1.165, 1.54) is 12.1 Å². The quantitative estimate of drug-likeness (QED) is 0.881. The molecule has 0 atom stereocenters. The molecule has 0 bridgehead atoms. The minimum Gasteiger partial charge on any atom is -0.392 e. The lowest BCUT2D eigenvalue weighted by atomic mass is 10.1. The molecule has 92 valence electrons. The van der Waals surface area contributed by atoms with Crippen LogP contribution in [0, 0.1) is 5.82 Å². The summed E-state index contributed by atoms with van der Waals surface area (Å²) >= 11 is 0. The van der Waals surface area contributed by atoms with Gasteiger partial charge in [-0.15, -0.1) is 0 Å². The Morgan fingerprint density at radius 2 is 2.22 bits per heavy atom. The molecule has 0 amide bonds. The first kappa shape index (κ1) is 11.2. The van der Waals surface area contributed by atoms with Crippen LogP contribution in [0.2, 0.25) is 0 Å². The fourth-order valence-electron chi connectivity index (χ4n) is 2.37. The molecule has 4 heteroatoms. The normalized spacial score (nSPS) is 13.8. The third-order valence-corrected chi connectivity index (χ3v) is 3.24. The first-order valence-electron chi connectivity index (χ1n) is 5.90. The number of aliphatic hydroxyl groups is 1. The molecule has 3 nitrogen and oxygen atoms in total. The summed E-state index contributed by atoms with van der Waals surface area (Å²) in [5.41, 5.74) is 2.73. The van der Waals surface area contributed by atoms with E-state index in [4.69, 9.17) is 0 Å². The topological polar surface area (TPSA) is 36.4 Å². The van der Waals surface area contributed by atoms with E-state index >= 15 is 0 Å². The number of halogens is 1. The summed E-state index contributed by atoms with van der Waals surface area (Å²) in [6.45, 7) is 0.702. The molecule has 0 saturated heterocycles. The van der Waals surface area contributed by atoms with Gasteiger partial charge in [0.15, 0.2) is 0 Å². The third kappa shape index (κ3) is 1.75. The summed E-state index contributed by atoms with van der Waals surface area (Å²) in [7, 11) is 0. The van der Waals surface area contributed by atoms with Crippen molar-refractivity contribution in [3.05, 3.63) is 53.5 Å². The summed E-state index contributed by atoms with van der Waals surface area (Å²) < 4.78 is 13.3. The molecule has 1 aliphatic rings. The zero-order valence-electron chi connectivity index (χ0n) is 9.81. The van der Waals surface area contributed by atoms with Crippen LogP contribution >= 0.6 is 0 Å². The Morgan fingerprint density at radius 1 is 1.33 bits per heavy atom. The first-order chi connectivity index (χ1) is 8.79. The minimum absolute atomic E-state index is 0.0652. The lowest BCUT2D eigenvalue weighted by molar-refractivity contribution is 0.282. The number of pyridine rings is 1. The molecule has 0 radical (unpaired) electrons. The minimum atomic E-state index is -0.248. The van der Waals surface area contributed by atoms with Gasteiger partial charge in [0.1, 0.15) is 11.6 Å². The Hall–Kier alpha value is -1.94. The van der Waals surface area contributed by atoms with Crippen LogP contribution in [0.5, 0.6) is 0 Å². The van der Waals surface area contributed by atoms with Crippen molar-refractivity contribution in [2.75, 3.05) is 11.4 Å². The molecular formula is C14H13FN2O. The van der Waals surface area contributed by atoms with Crippen molar-refractivity contribution in [3.63, 3.8) is 0 Å². The molecule has 0 aliphatic carbocycles. The molecule has 0 spiro atoms. The zero-order valence-corrected chi connectivity index (χ0v) is 9.81. The lowest BCUT2D eigenvalue weighted by Gasteiger charge is -2.20. The summed E-state index contributed by atoms with van der Waals surface area (Å²) in [6.07, 6.45) is 2.56. The van der Waals surface area contributed by atoms with Crippen LogP contribution in [0.25, 0.3) is 0 Å². The van der Waals surface area contributed by atoms with Gasteiger partial charge < -0.3 is 10.0 Å². The predicted molar refractivity (Wildman–Crippen MR) is 67.3 cm³/mol. The number of anilines is 2. The van der Waals surface area contributed by atoms with Gasteiger partial charge in [0, 0.05) is 24.0 Å². The smallest absolute Gasteiger partial charge is 0.138 e. The maximum Gasteiger partial charge on any atom is 0.138 e. The van der Waals surface area contributed by atoms with Gasteiger partial charge in [-0.2, -0.15) is 0 Å². The summed E-state index contributed by atoms with van der Waals surface area (Å²) in [6, 6.07) is 8.44. The Balaban J connectivity index is 2.08. The summed E-state index contributed by atoms with van der Waals surface area (Å²) in [5.74, 6) is 0.464. The average molecular weight is 244 g/mol. The van der Waals surface area contributed by atoms with Crippen LogP contribution in [0.1, 0.15) is 11.1 Å². The number of aliphatic hydroxyl groups excluding tert-OH is 1. The van der Waals surface area contributed by atoms with Crippen LogP contribution in [0.15, 0.2) is 36.5 Å².